The summed E-state index contributed by atoms with van der Waals surface area (Å²) in [5, 5.41) is 30.0. The quantitative estimate of drug-likeness (QED) is 0.0821. The van der Waals surface area contributed by atoms with E-state index in [-0.39, 0.29) is 0 Å². The van der Waals surface area contributed by atoms with Crippen molar-refractivity contribution in [2.45, 2.75) is 0 Å². The molecular formula is C105H69N6P3SSe2. The number of para-hydroxylation sites is 7. The predicted octanol–water partition coefficient (Wildman–Crippen LogP) is 22.4. The summed E-state index contributed by atoms with van der Waals surface area (Å²) in [7, 11) is 0. The Hall–Kier alpha value is -12.3. The van der Waals surface area contributed by atoms with E-state index < -0.39 is 17.1 Å². The van der Waals surface area contributed by atoms with E-state index in [2.05, 4.69) is 462 Å². The van der Waals surface area contributed by atoms with Crippen molar-refractivity contribution in [3.8, 4) is 0 Å². The van der Waals surface area contributed by atoms with Crippen LogP contribution >= 0.6 is 17.1 Å². The molecule has 12 heteroatoms. The van der Waals surface area contributed by atoms with E-state index in [0.717, 1.165) is 60.9 Å². The fraction of sp³-hybridized carbons (Fsp3) is 0. The first-order valence-electron chi connectivity index (χ1n) is 39.3. The molecule has 6 heterocycles. The number of fused-ring (bicyclic) bond motifs is 30. The van der Waals surface area contributed by atoms with E-state index >= 15 is 0 Å². The van der Waals surface area contributed by atoms with Crippen molar-refractivity contribution < 1.29 is 0 Å². The Kier molecular flexibility index (Phi) is 17.6. The molecule has 0 saturated carbocycles. The van der Waals surface area contributed by atoms with Crippen molar-refractivity contribution >= 4 is 254 Å². The van der Waals surface area contributed by atoms with Gasteiger partial charge in [0.05, 0.1) is 16.6 Å². The zero-order chi connectivity index (χ0) is 77.9. The van der Waals surface area contributed by atoms with Gasteiger partial charge in [0.1, 0.15) is 5.65 Å². The molecular weight excluding hydrogens is 1630 g/mol. The standard InChI is InChI=1S/C35H23N2PS.2C35H23N2PSe/c39-38(25-12-3-1-4-13-25,26-14-5-2-6-15-26)27-20-22-29-33(23-27)37-32-18-10-9-17-31(32)36-35(37)30-21-19-24-11-7-8-16-28(24)34(29)30;39-38(25-13-3-1-4-14-25,26-15-5-2-6-16-26)32-21-11-18-28-33-27-17-8-7-12-24(27)22-23-29(33)35-36-30-19-9-10-20-31(30)37(35)34(28)32;39-38(25-12-3-1-4-13-25,26-14-5-2-6-15-26)27-20-22-32-30(23-27)34-28-16-8-7-11-24(28)19-21-29(34)35-36-31-17-9-10-18-33(31)37(32)35/h3*1-23H. The van der Waals surface area contributed by atoms with Gasteiger partial charge in [-0.25, -0.2) is 4.98 Å². The van der Waals surface area contributed by atoms with E-state index in [9.17, 15) is 0 Å². The van der Waals surface area contributed by atoms with Gasteiger partial charge in [0.15, 0.2) is 0 Å². The SMILES string of the molecule is S=P(c1ccccc1)(c1ccccc1)c1ccc2c3c4ccccc4ccc3c3nc4ccccc4n3c2c1.[Se]=P(c1ccccc1)(c1ccccc1)c1ccc2c(c1)c1c3ccccc3ccc1c1nc3ccccc3n21.[Se]=P(c1ccccc1)(c1ccccc1)c1cccc2c3c4ccccc4ccc3c3nc4ccccc4n3c12. The van der Waals surface area contributed by atoms with Gasteiger partial charge < -0.3 is 0 Å². The first-order valence-corrected chi connectivity index (χ1v) is 50.1. The summed E-state index contributed by atoms with van der Waals surface area (Å²) in [6.45, 7) is 0. The second kappa shape index (κ2) is 28.9. The average molecular weight is 1700 g/mol. The van der Waals surface area contributed by atoms with Gasteiger partial charge in [-0.3, -0.25) is 4.40 Å². The zero-order valence-corrected chi connectivity index (χ0v) is 70.0. The maximum absolute atomic E-state index is 6.72. The summed E-state index contributed by atoms with van der Waals surface area (Å²) < 4.78 is 7.09. The predicted molar refractivity (Wildman–Crippen MR) is 511 cm³/mol. The molecule has 0 aliphatic rings. The molecule has 0 bridgehead atoms. The molecule has 0 amide bonds. The van der Waals surface area contributed by atoms with Gasteiger partial charge in [0, 0.05) is 22.2 Å². The number of aromatic nitrogens is 6. The Morgan fingerprint density at radius 2 is 0.547 bits per heavy atom. The van der Waals surface area contributed by atoms with Gasteiger partial charge in [0.2, 0.25) is 0 Å². The zero-order valence-electron chi connectivity index (χ0n) is 63.1. The van der Waals surface area contributed by atoms with Crippen LogP contribution in [0.15, 0.2) is 419 Å². The third kappa shape index (κ3) is 11.4. The molecule has 0 atom stereocenters. The van der Waals surface area contributed by atoms with Crippen LogP contribution in [0.4, 0.5) is 0 Å². The van der Waals surface area contributed by atoms with Crippen LogP contribution in [0.5, 0.6) is 0 Å². The molecule has 552 valence electrons. The van der Waals surface area contributed by atoms with E-state index in [0.29, 0.717) is 0 Å². The van der Waals surface area contributed by atoms with Gasteiger partial charge in [-0.2, -0.15) is 0 Å². The number of pyridine rings is 3. The van der Waals surface area contributed by atoms with Gasteiger partial charge in [0.25, 0.3) is 0 Å². The van der Waals surface area contributed by atoms with E-state index in [1.54, 1.807) is 0 Å². The van der Waals surface area contributed by atoms with Crippen molar-refractivity contribution in [2.75, 3.05) is 0 Å². The van der Waals surface area contributed by atoms with E-state index in [1.807, 2.05) is 0 Å². The van der Waals surface area contributed by atoms with Crippen molar-refractivity contribution in [2.24, 2.45) is 0 Å². The molecule has 6 aromatic heterocycles. The van der Waals surface area contributed by atoms with Crippen molar-refractivity contribution in [3.63, 3.8) is 0 Å². The van der Waals surface area contributed by atoms with Gasteiger partial charge in [-0.1, -0.05) is 127 Å². The Bertz CT molecular complexity index is 8100. The van der Waals surface area contributed by atoms with E-state index in [1.165, 1.54) is 134 Å². The molecule has 0 saturated heterocycles. The molecule has 0 unspecified atom stereocenters. The van der Waals surface area contributed by atoms with Crippen LogP contribution in [-0.4, -0.2) is 58.4 Å². The molecule has 0 aliphatic heterocycles. The summed E-state index contributed by atoms with van der Waals surface area (Å²) in [6.07, 6.45) is 0. The Balaban J connectivity index is 0.000000106. The molecule has 0 fully saturated rings. The minimum absolute atomic E-state index is 0.981. The summed E-state index contributed by atoms with van der Waals surface area (Å²) >= 11 is 14.3. The van der Waals surface area contributed by atoms with Crippen LogP contribution in [0.2, 0.25) is 0 Å². The van der Waals surface area contributed by atoms with Crippen LogP contribution in [0.25, 0.3) is 147 Å². The molecule has 24 rings (SSSR count). The topological polar surface area (TPSA) is 51.9 Å². The summed E-state index contributed by atoms with van der Waals surface area (Å²) in [4.78, 5) is 15.5. The normalized spacial score (nSPS) is 12.2. The van der Waals surface area contributed by atoms with Crippen LogP contribution in [-0.2, 0) is 11.8 Å². The Morgan fingerprint density at radius 3 is 1.00 bits per heavy atom. The van der Waals surface area contributed by atoms with Crippen LogP contribution < -0.4 is 47.7 Å². The van der Waals surface area contributed by atoms with Crippen LogP contribution in [0, 0.1) is 0 Å². The van der Waals surface area contributed by atoms with Crippen LogP contribution in [0.3, 0.4) is 0 Å². The van der Waals surface area contributed by atoms with Crippen molar-refractivity contribution in [1.82, 2.24) is 28.2 Å². The molecule has 24 aromatic rings. The van der Waals surface area contributed by atoms with Crippen molar-refractivity contribution in [3.05, 3.63) is 419 Å². The van der Waals surface area contributed by atoms with Gasteiger partial charge >= 0.3 is 469 Å². The summed E-state index contributed by atoms with van der Waals surface area (Å²) in [5.41, 5.74) is 8.78. The minimum atomic E-state index is -2.31. The summed E-state index contributed by atoms with van der Waals surface area (Å²) in [5.74, 6) is 0. The van der Waals surface area contributed by atoms with E-state index in [4.69, 9.17) is 26.8 Å². The Morgan fingerprint density at radius 1 is 0.214 bits per heavy atom. The second-order valence-electron chi connectivity index (χ2n) is 29.8. The molecule has 0 aliphatic carbocycles. The second-order valence-corrected chi connectivity index (χ2v) is 46.6. The fourth-order valence-electron chi connectivity index (χ4n) is 18.2. The number of rotatable bonds is 9. The molecule has 0 radical (unpaired) electrons. The molecule has 0 N–H and O–H groups in total. The van der Waals surface area contributed by atoms with Gasteiger partial charge in [-0.05, 0) is 51.0 Å². The van der Waals surface area contributed by atoms with Crippen LogP contribution in [0.1, 0.15) is 0 Å². The fourth-order valence-corrected chi connectivity index (χ4v) is 32.1. The molecule has 117 heavy (non-hydrogen) atoms. The third-order valence-electron chi connectivity index (χ3n) is 23.5. The average Bonchev–Trinajstić information content (AvgIpc) is 1.58. The maximum atomic E-state index is 6.72. The molecule has 18 aromatic carbocycles. The first-order chi connectivity index (χ1) is 57.7. The van der Waals surface area contributed by atoms with Gasteiger partial charge in [-0.15, -0.1) is 0 Å². The number of hydrogen-bond donors (Lipinski definition) is 0. The number of imidazole rings is 3. The summed E-state index contributed by atoms with van der Waals surface area (Å²) in [6, 6.07) is 148. The van der Waals surface area contributed by atoms with Crippen molar-refractivity contribution in [1.29, 1.82) is 0 Å². The number of nitrogens with zero attached hydrogens (tertiary/aromatic N) is 6. The first kappa shape index (κ1) is 71.3. The third-order valence-corrected chi connectivity index (χ3v) is 42.4. The Labute approximate surface area is 695 Å². The number of benzene rings is 18. The molecule has 0 spiro atoms. The monoisotopic (exact) mass is 1700 g/mol. The molecule has 6 nitrogen and oxygen atoms in total. The number of hydrogen-bond acceptors (Lipinski definition) is 4.